The van der Waals surface area contributed by atoms with Crippen molar-refractivity contribution < 1.29 is 18.7 Å². The number of hydrogen-bond acceptors (Lipinski definition) is 6. The van der Waals surface area contributed by atoms with Gasteiger partial charge in [-0.2, -0.15) is 0 Å². The Bertz CT molecular complexity index is 1540. The van der Waals surface area contributed by atoms with Gasteiger partial charge >= 0.3 is 0 Å². The van der Waals surface area contributed by atoms with Gasteiger partial charge in [0.2, 0.25) is 5.76 Å². The molecule has 7 nitrogen and oxygen atoms in total. The Hall–Kier alpha value is -4.13. The second kappa shape index (κ2) is 9.73. The molecule has 1 aliphatic rings. The first-order valence-corrected chi connectivity index (χ1v) is 12.4. The molecule has 0 N–H and O–H groups in total. The molecule has 1 atom stereocenters. The number of pyridine rings is 1. The number of amides is 1. The largest absolute Gasteiger partial charge is 0.493 e. The monoisotopic (exact) mass is 498 g/mol. The molecule has 2 aromatic carbocycles. The van der Waals surface area contributed by atoms with Crippen LogP contribution >= 0.6 is 0 Å². The molecule has 2 aromatic heterocycles. The number of benzene rings is 2. The SMILES string of the molecule is COc1cc(C2c3c(oc4cc(C)c(C)cc4c3=O)C(=O)N2c2ccccn2)ccc1OCCC(C)C. The summed E-state index contributed by atoms with van der Waals surface area (Å²) in [5, 5.41) is 0.447. The van der Waals surface area contributed by atoms with Gasteiger partial charge in [0, 0.05) is 6.20 Å². The van der Waals surface area contributed by atoms with E-state index in [4.69, 9.17) is 13.9 Å². The maximum absolute atomic E-state index is 13.9. The summed E-state index contributed by atoms with van der Waals surface area (Å²) in [5.74, 6) is 1.70. The fourth-order valence-electron chi connectivity index (χ4n) is 4.65. The summed E-state index contributed by atoms with van der Waals surface area (Å²) in [6.07, 6.45) is 2.53. The minimum Gasteiger partial charge on any atom is -0.493 e. The van der Waals surface area contributed by atoms with Crippen molar-refractivity contribution in [1.29, 1.82) is 0 Å². The van der Waals surface area contributed by atoms with Gasteiger partial charge in [-0.15, -0.1) is 0 Å². The third-order valence-corrected chi connectivity index (χ3v) is 6.84. The Morgan fingerprint density at radius 3 is 2.51 bits per heavy atom. The predicted octanol–water partition coefficient (Wildman–Crippen LogP) is 5.99. The summed E-state index contributed by atoms with van der Waals surface area (Å²) in [4.78, 5) is 33.6. The van der Waals surface area contributed by atoms with Crippen molar-refractivity contribution in [3.63, 3.8) is 0 Å². The van der Waals surface area contributed by atoms with Gasteiger partial charge in [-0.3, -0.25) is 14.5 Å². The molecule has 1 amide bonds. The number of ether oxygens (including phenoxy) is 2. The first kappa shape index (κ1) is 24.6. The van der Waals surface area contributed by atoms with E-state index >= 15 is 0 Å². The number of aromatic nitrogens is 1. The quantitative estimate of drug-likeness (QED) is 0.311. The van der Waals surface area contributed by atoms with Crippen LogP contribution in [0.25, 0.3) is 11.0 Å². The highest BCUT2D eigenvalue weighted by Gasteiger charge is 2.44. The number of fused-ring (bicyclic) bond motifs is 2. The van der Waals surface area contributed by atoms with Crippen LogP contribution in [0.15, 0.2) is 63.9 Å². The molecular formula is C30H30N2O5. The number of nitrogens with zero attached hydrogens (tertiary/aromatic N) is 2. The van der Waals surface area contributed by atoms with Crippen molar-refractivity contribution in [3.05, 3.63) is 93.0 Å². The maximum Gasteiger partial charge on any atom is 0.296 e. The third-order valence-electron chi connectivity index (χ3n) is 6.84. The lowest BCUT2D eigenvalue weighted by atomic mass is 9.97. The standard InChI is InChI=1S/C30H30N2O5/c1-17(2)11-13-36-22-10-9-20(16-24(22)35-5)27-26-28(33)21-14-18(3)19(4)15-23(21)37-29(26)30(34)32(27)25-8-6-7-12-31-25/h6-10,12,14-17,27H,11,13H2,1-5H3. The molecule has 3 heterocycles. The summed E-state index contributed by atoms with van der Waals surface area (Å²) in [6, 6.07) is 13.7. The summed E-state index contributed by atoms with van der Waals surface area (Å²) in [5.41, 5.74) is 3.12. The molecule has 0 fully saturated rings. The molecule has 0 bridgehead atoms. The Labute approximate surface area is 215 Å². The van der Waals surface area contributed by atoms with Crippen molar-refractivity contribution in [1.82, 2.24) is 4.98 Å². The number of aryl methyl sites for hydroxylation is 2. The van der Waals surface area contributed by atoms with Gasteiger partial charge in [0.1, 0.15) is 11.4 Å². The average molecular weight is 499 g/mol. The highest BCUT2D eigenvalue weighted by Crippen LogP contribution is 2.42. The lowest BCUT2D eigenvalue weighted by Crippen LogP contribution is -2.30. The third kappa shape index (κ3) is 4.35. The van der Waals surface area contributed by atoms with E-state index in [9.17, 15) is 9.59 Å². The molecule has 0 saturated heterocycles. The Morgan fingerprint density at radius 1 is 1.03 bits per heavy atom. The molecule has 1 unspecified atom stereocenters. The molecule has 0 spiro atoms. The summed E-state index contributed by atoms with van der Waals surface area (Å²) in [6.45, 7) is 8.74. The number of anilines is 1. The van der Waals surface area contributed by atoms with Crippen molar-refractivity contribution in [2.75, 3.05) is 18.6 Å². The van der Waals surface area contributed by atoms with E-state index in [2.05, 4.69) is 18.8 Å². The molecule has 7 heteroatoms. The number of carbonyl (C=O) groups excluding carboxylic acids is 1. The lowest BCUT2D eigenvalue weighted by molar-refractivity contribution is 0.0970. The maximum atomic E-state index is 13.9. The van der Waals surface area contributed by atoms with E-state index in [1.807, 2.05) is 44.2 Å². The van der Waals surface area contributed by atoms with E-state index < -0.39 is 11.9 Å². The van der Waals surface area contributed by atoms with E-state index in [1.54, 1.807) is 31.5 Å². The summed E-state index contributed by atoms with van der Waals surface area (Å²) in [7, 11) is 1.58. The summed E-state index contributed by atoms with van der Waals surface area (Å²) >= 11 is 0. The van der Waals surface area contributed by atoms with E-state index in [1.165, 1.54) is 4.90 Å². The Morgan fingerprint density at radius 2 is 1.81 bits per heavy atom. The fraction of sp³-hybridized carbons (Fsp3) is 0.300. The Balaban J connectivity index is 1.69. The van der Waals surface area contributed by atoms with Crippen molar-refractivity contribution in [2.45, 2.75) is 40.2 Å². The highest BCUT2D eigenvalue weighted by atomic mass is 16.5. The normalized spacial score (nSPS) is 14.9. The molecule has 0 saturated carbocycles. The van der Waals surface area contributed by atoms with Gasteiger partial charge < -0.3 is 13.9 Å². The van der Waals surface area contributed by atoms with Crippen LogP contribution in [0.3, 0.4) is 0 Å². The topological polar surface area (TPSA) is 81.9 Å². The molecule has 0 aliphatic carbocycles. The average Bonchev–Trinajstić information content (AvgIpc) is 3.18. The van der Waals surface area contributed by atoms with Crippen LogP contribution in [0.4, 0.5) is 5.82 Å². The molecule has 37 heavy (non-hydrogen) atoms. The lowest BCUT2D eigenvalue weighted by Gasteiger charge is -2.25. The number of carbonyl (C=O) groups is 1. The van der Waals surface area contributed by atoms with Gasteiger partial charge in [-0.05, 0) is 79.3 Å². The van der Waals surface area contributed by atoms with E-state index in [-0.39, 0.29) is 11.2 Å². The minimum absolute atomic E-state index is 0.0348. The van der Waals surface area contributed by atoms with Crippen LogP contribution in [0.2, 0.25) is 0 Å². The summed E-state index contributed by atoms with van der Waals surface area (Å²) < 4.78 is 17.7. The second-order valence-corrected chi connectivity index (χ2v) is 9.81. The van der Waals surface area contributed by atoms with Crippen molar-refractivity contribution >= 4 is 22.7 Å². The van der Waals surface area contributed by atoms with Gasteiger partial charge in [0.15, 0.2) is 16.9 Å². The van der Waals surface area contributed by atoms with Crippen LogP contribution in [0.1, 0.15) is 59.1 Å². The van der Waals surface area contributed by atoms with Crippen molar-refractivity contribution in [3.8, 4) is 11.5 Å². The van der Waals surface area contributed by atoms with E-state index in [0.29, 0.717) is 51.9 Å². The van der Waals surface area contributed by atoms with Gasteiger partial charge in [0.25, 0.3) is 5.91 Å². The molecule has 4 aromatic rings. The molecular weight excluding hydrogens is 468 g/mol. The minimum atomic E-state index is -0.738. The van der Waals surface area contributed by atoms with E-state index in [0.717, 1.165) is 17.5 Å². The zero-order chi connectivity index (χ0) is 26.3. The first-order chi connectivity index (χ1) is 17.8. The molecule has 0 radical (unpaired) electrons. The highest BCUT2D eigenvalue weighted by molar-refractivity contribution is 6.10. The van der Waals surface area contributed by atoms with Crippen LogP contribution in [-0.2, 0) is 0 Å². The zero-order valence-corrected chi connectivity index (χ0v) is 21.7. The van der Waals surface area contributed by atoms with Gasteiger partial charge in [-0.25, -0.2) is 4.98 Å². The van der Waals surface area contributed by atoms with Crippen LogP contribution in [0.5, 0.6) is 11.5 Å². The fourth-order valence-corrected chi connectivity index (χ4v) is 4.65. The smallest absolute Gasteiger partial charge is 0.296 e. The molecule has 1 aliphatic heterocycles. The predicted molar refractivity (Wildman–Crippen MR) is 143 cm³/mol. The van der Waals surface area contributed by atoms with Gasteiger partial charge in [-0.1, -0.05) is 26.0 Å². The van der Waals surface area contributed by atoms with Crippen LogP contribution in [-0.4, -0.2) is 24.6 Å². The molecule has 5 rings (SSSR count). The molecule has 190 valence electrons. The first-order valence-electron chi connectivity index (χ1n) is 12.4. The zero-order valence-electron chi connectivity index (χ0n) is 21.7. The van der Waals surface area contributed by atoms with Crippen LogP contribution < -0.4 is 19.8 Å². The number of rotatable bonds is 7. The van der Waals surface area contributed by atoms with Gasteiger partial charge in [0.05, 0.1) is 30.7 Å². The second-order valence-electron chi connectivity index (χ2n) is 9.81. The Kier molecular flexibility index (Phi) is 6.46. The van der Waals surface area contributed by atoms with Crippen LogP contribution in [0, 0.1) is 19.8 Å². The number of methoxy groups -OCH3 is 1. The van der Waals surface area contributed by atoms with Crippen molar-refractivity contribution in [2.24, 2.45) is 5.92 Å². The number of hydrogen-bond donors (Lipinski definition) is 0.